The lowest BCUT2D eigenvalue weighted by Crippen LogP contribution is -2.30. The Hall–Kier alpha value is -3.45. The number of aryl methyl sites for hydroxylation is 1. The molecule has 1 aromatic heterocycles. The first-order valence-corrected chi connectivity index (χ1v) is 12.3. The first kappa shape index (κ1) is 23.3. The van der Waals surface area contributed by atoms with Gasteiger partial charge in [-0.2, -0.15) is 0 Å². The number of hydrogen-bond acceptors (Lipinski definition) is 5. The van der Waals surface area contributed by atoms with Crippen molar-refractivity contribution in [3.63, 3.8) is 0 Å². The average Bonchev–Trinajstić information content (AvgIpc) is 3.37. The van der Waals surface area contributed by atoms with E-state index in [1.54, 1.807) is 24.3 Å². The number of halogens is 2. The number of aromatic nitrogens is 1. The van der Waals surface area contributed by atoms with Gasteiger partial charge >= 0.3 is 0 Å². The summed E-state index contributed by atoms with van der Waals surface area (Å²) in [5.74, 6) is -1.80. The molecule has 8 heteroatoms. The summed E-state index contributed by atoms with van der Waals surface area (Å²) in [7, 11) is 0. The number of rotatable bonds is 5. The third-order valence-electron chi connectivity index (χ3n) is 5.70. The normalized spacial score (nSPS) is 16.1. The molecule has 1 aliphatic rings. The highest BCUT2D eigenvalue weighted by molar-refractivity contribution is 7.22. The zero-order valence-electron chi connectivity index (χ0n) is 18.4. The lowest BCUT2D eigenvalue weighted by Gasteiger charge is -2.24. The molecule has 0 saturated heterocycles. The van der Waals surface area contributed by atoms with Crippen molar-refractivity contribution < 1.29 is 14.7 Å². The third-order valence-corrected chi connectivity index (χ3v) is 7.45. The summed E-state index contributed by atoms with van der Waals surface area (Å²) >= 11 is 13.7. The van der Waals surface area contributed by atoms with Crippen LogP contribution in [-0.4, -0.2) is 21.8 Å². The van der Waals surface area contributed by atoms with Crippen LogP contribution < -0.4 is 4.90 Å². The van der Waals surface area contributed by atoms with Crippen LogP contribution in [0.3, 0.4) is 0 Å². The molecule has 0 fully saturated rings. The van der Waals surface area contributed by atoms with Crippen molar-refractivity contribution in [1.29, 1.82) is 0 Å². The molecule has 0 saturated carbocycles. The van der Waals surface area contributed by atoms with Crippen molar-refractivity contribution in [3.05, 3.63) is 111 Å². The van der Waals surface area contributed by atoms with E-state index in [9.17, 15) is 14.7 Å². The Morgan fingerprint density at radius 2 is 1.83 bits per heavy atom. The van der Waals surface area contributed by atoms with Gasteiger partial charge in [0.15, 0.2) is 16.7 Å². The number of carbonyl (C=O) groups excluding carboxylic acids is 2. The molecule has 35 heavy (non-hydrogen) atoms. The van der Waals surface area contributed by atoms with Crippen LogP contribution in [0.1, 0.15) is 22.7 Å². The highest BCUT2D eigenvalue weighted by atomic mass is 35.5. The zero-order chi connectivity index (χ0) is 24.7. The molecule has 0 aliphatic carbocycles. The fraction of sp³-hybridized carbons (Fsp3) is 0.0741. The molecule has 2 heterocycles. The predicted octanol–water partition coefficient (Wildman–Crippen LogP) is 7.09. The molecule has 1 unspecified atom stereocenters. The van der Waals surface area contributed by atoms with Crippen LogP contribution in [0.2, 0.25) is 10.0 Å². The highest BCUT2D eigenvalue weighted by Crippen LogP contribution is 2.44. The van der Waals surface area contributed by atoms with Crippen LogP contribution in [0.15, 0.2) is 84.1 Å². The smallest absolute Gasteiger partial charge is 0.296 e. The summed E-state index contributed by atoms with van der Waals surface area (Å²) in [6.45, 7) is 1.97. The van der Waals surface area contributed by atoms with Crippen molar-refractivity contribution in [2.75, 3.05) is 4.90 Å². The van der Waals surface area contributed by atoms with Gasteiger partial charge in [-0.15, -0.1) is 0 Å². The molecular formula is C27H18Cl2N2O3S. The van der Waals surface area contributed by atoms with Crippen molar-refractivity contribution in [1.82, 2.24) is 4.98 Å². The molecule has 1 amide bonds. The SMILES string of the molecule is Cc1ccc2nc(N3C(=O)C(O)=C(C(=O)C=Cc4ccccc4)C3c3ccc(Cl)c(Cl)c3)sc2c1. The van der Waals surface area contributed by atoms with Crippen LogP contribution in [0.25, 0.3) is 16.3 Å². The van der Waals surface area contributed by atoms with E-state index in [2.05, 4.69) is 4.98 Å². The number of hydrogen-bond donors (Lipinski definition) is 1. The minimum Gasteiger partial charge on any atom is -0.503 e. The molecule has 4 aromatic rings. The number of nitrogens with zero attached hydrogens (tertiary/aromatic N) is 2. The molecule has 174 valence electrons. The van der Waals surface area contributed by atoms with Gasteiger partial charge in [0.1, 0.15) is 0 Å². The van der Waals surface area contributed by atoms with Gasteiger partial charge in [0.05, 0.1) is 31.9 Å². The number of amides is 1. The fourth-order valence-electron chi connectivity index (χ4n) is 4.00. The van der Waals surface area contributed by atoms with E-state index in [1.165, 1.54) is 22.3 Å². The lowest BCUT2D eigenvalue weighted by atomic mass is 9.96. The fourth-order valence-corrected chi connectivity index (χ4v) is 5.40. The van der Waals surface area contributed by atoms with Gasteiger partial charge in [-0.3, -0.25) is 14.5 Å². The van der Waals surface area contributed by atoms with Crippen LogP contribution in [-0.2, 0) is 9.59 Å². The monoisotopic (exact) mass is 520 g/mol. The first-order valence-electron chi connectivity index (χ1n) is 10.7. The maximum absolute atomic E-state index is 13.3. The Morgan fingerprint density at radius 3 is 2.57 bits per heavy atom. The third kappa shape index (κ3) is 4.36. The number of thiazole rings is 1. The molecular weight excluding hydrogens is 503 g/mol. The number of ketones is 1. The molecule has 5 nitrogen and oxygen atoms in total. The lowest BCUT2D eigenvalue weighted by molar-refractivity contribution is -0.117. The Morgan fingerprint density at radius 1 is 1.06 bits per heavy atom. The summed E-state index contributed by atoms with van der Waals surface area (Å²) in [5.41, 5.74) is 3.08. The molecule has 0 spiro atoms. The second kappa shape index (κ2) is 9.30. The molecule has 3 aromatic carbocycles. The van der Waals surface area contributed by atoms with E-state index >= 15 is 0 Å². The summed E-state index contributed by atoms with van der Waals surface area (Å²) in [6.07, 6.45) is 2.99. The quantitative estimate of drug-likeness (QED) is 0.285. The van der Waals surface area contributed by atoms with Gasteiger partial charge in [0, 0.05) is 0 Å². The van der Waals surface area contributed by atoms with Gasteiger partial charge in [0.2, 0.25) is 0 Å². The van der Waals surface area contributed by atoms with Gasteiger partial charge in [-0.25, -0.2) is 4.98 Å². The molecule has 0 bridgehead atoms. The van der Waals surface area contributed by atoms with E-state index in [4.69, 9.17) is 23.2 Å². The average molecular weight is 521 g/mol. The predicted molar refractivity (Wildman–Crippen MR) is 141 cm³/mol. The van der Waals surface area contributed by atoms with E-state index in [-0.39, 0.29) is 10.6 Å². The summed E-state index contributed by atoms with van der Waals surface area (Å²) in [6, 6.07) is 19.0. The van der Waals surface area contributed by atoms with E-state index in [1.807, 2.05) is 55.5 Å². The zero-order valence-corrected chi connectivity index (χ0v) is 20.7. The second-order valence-corrected chi connectivity index (χ2v) is 9.91. The molecule has 1 N–H and O–H groups in total. The van der Waals surface area contributed by atoms with Crippen LogP contribution in [0.4, 0.5) is 5.13 Å². The number of fused-ring (bicyclic) bond motifs is 1. The molecule has 1 aliphatic heterocycles. The maximum Gasteiger partial charge on any atom is 0.296 e. The van der Waals surface area contributed by atoms with E-state index in [0.29, 0.717) is 15.7 Å². The summed E-state index contributed by atoms with van der Waals surface area (Å²) < 4.78 is 0.893. The molecule has 0 radical (unpaired) electrons. The Balaban J connectivity index is 1.63. The molecule has 5 rings (SSSR count). The number of aliphatic hydroxyl groups is 1. The topological polar surface area (TPSA) is 70.5 Å². The van der Waals surface area contributed by atoms with Crippen molar-refractivity contribution in [3.8, 4) is 0 Å². The van der Waals surface area contributed by atoms with Gasteiger partial charge in [-0.05, 0) is 54.0 Å². The Kier molecular flexibility index (Phi) is 6.19. The van der Waals surface area contributed by atoms with Gasteiger partial charge in [-0.1, -0.05) is 83.1 Å². The van der Waals surface area contributed by atoms with E-state index < -0.39 is 23.5 Å². The van der Waals surface area contributed by atoms with Crippen molar-refractivity contribution >= 4 is 67.7 Å². The summed E-state index contributed by atoms with van der Waals surface area (Å²) in [4.78, 5) is 32.6. The van der Waals surface area contributed by atoms with Crippen LogP contribution in [0.5, 0.6) is 0 Å². The largest absolute Gasteiger partial charge is 0.503 e. The minimum absolute atomic E-state index is 0.0454. The number of anilines is 1. The summed E-state index contributed by atoms with van der Waals surface area (Å²) in [5, 5.41) is 11.9. The van der Waals surface area contributed by atoms with Gasteiger partial charge in [0.25, 0.3) is 5.91 Å². The second-order valence-electron chi connectivity index (χ2n) is 8.09. The molecule has 1 atom stereocenters. The van der Waals surface area contributed by atoms with E-state index in [0.717, 1.165) is 21.3 Å². The van der Waals surface area contributed by atoms with Crippen LogP contribution in [0, 0.1) is 6.92 Å². The number of allylic oxidation sites excluding steroid dienone is 1. The number of carbonyl (C=O) groups is 2. The van der Waals surface area contributed by atoms with Crippen molar-refractivity contribution in [2.45, 2.75) is 13.0 Å². The Labute approximate surface area is 215 Å². The van der Waals surface area contributed by atoms with Gasteiger partial charge < -0.3 is 5.11 Å². The number of aliphatic hydroxyl groups excluding tert-OH is 1. The standard InChI is InChI=1S/C27H18Cl2N2O3S/c1-15-7-11-20-22(13-15)35-27(30-20)31-24(17-9-10-18(28)19(29)14-17)23(25(33)26(31)34)21(32)12-8-16-5-3-2-4-6-16/h2-14,24,33H,1H3. The maximum atomic E-state index is 13.3. The Bertz CT molecular complexity index is 1540. The highest BCUT2D eigenvalue weighted by Gasteiger charge is 2.45. The number of benzene rings is 3. The van der Waals surface area contributed by atoms with Crippen molar-refractivity contribution in [2.24, 2.45) is 0 Å². The minimum atomic E-state index is -0.924. The van der Waals surface area contributed by atoms with Crippen LogP contribution >= 0.6 is 34.5 Å². The first-order chi connectivity index (χ1) is 16.8.